The molecule has 0 spiro atoms. The van der Waals surface area contributed by atoms with Crippen LogP contribution >= 0.6 is 0 Å². The minimum Gasteiger partial charge on any atom is -0.508 e. The Balaban J connectivity index is 2.31. The fraction of sp³-hybridized carbons (Fsp3) is 0.167. The SMILES string of the molecule is CN1C=CC(O)=CC1c1ccccc1. The molecule has 1 atom stereocenters. The first-order valence-electron chi connectivity index (χ1n) is 4.63. The fourth-order valence-corrected chi connectivity index (χ4v) is 1.60. The minimum atomic E-state index is 0.140. The van der Waals surface area contributed by atoms with Gasteiger partial charge in [-0.2, -0.15) is 0 Å². The summed E-state index contributed by atoms with van der Waals surface area (Å²) in [6.07, 6.45) is 5.42. The van der Waals surface area contributed by atoms with Crippen LogP contribution in [0.3, 0.4) is 0 Å². The zero-order valence-corrected chi connectivity index (χ0v) is 8.09. The van der Waals surface area contributed by atoms with Crippen molar-refractivity contribution in [1.82, 2.24) is 4.90 Å². The topological polar surface area (TPSA) is 23.5 Å². The molecule has 14 heavy (non-hydrogen) atoms. The Bertz CT molecular complexity index is 367. The van der Waals surface area contributed by atoms with Gasteiger partial charge in [0.2, 0.25) is 0 Å². The second-order valence-electron chi connectivity index (χ2n) is 3.43. The molecule has 0 saturated heterocycles. The highest BCUT2D eigenvalue weighted by molar-refractivity contribution is 5.29. The quantitative estimate of drug-likeness (QED) is 0.730. The molecule has 1 heterocycles. The Hall–Kier alpha value is -1.70. The van der Waals surface area contributed by atoms with Gasteiger partial charge in [-0.05, 0) is 17.7 Å². The molecule has 0 aromatic heterocycles. The molecular formula is C12H13NO. The van der Waals surface area contributed by atoms with Crippen LogP contribution in [-0.4, -0.2) is 17.1 Å². The number of hydrogen-bond donors (Lipinski definition) is 1. The summed E-state index contributed by atoms with van der Waals surface area (Å²) in [5.41, 5.74) is 1.19. The summed E-state index contributed by atoms with van der Waals surface area (Å²) in [4.78, 5) is 2.06. The summed E-state index contributed by atoms with van der Waals surface area (Å²) in [6.45, 7) is 0. The Labute approximate surface area is 83.8 Å². The van der Waals surface area contributed by atoms with Crippen LogP contribution in [0.1, 0.15) is 11.6 Å². The van der Waals surface area contributed by atoms with E-state index >= 15 is 0 Å². The van der Waals surface area contributed by atoms with Gasteiger partial charge in [-0.3, -0.25) is 0 Å². The number of likely N-dealkylation sites (N-methyl/N-ethyl adjacent to an activating group) is 1. The third-order valence-corrected chi connectivity index (χ3v) is 2.39. The van der Waals surface area contributed by atoms with Crippen molar-refractivity contribution in [2.75, 3.05) is 7.05 Å². The highest BCUT2D eigenvalue weighted by atomic mass is 16.3. The molecule has 0 amide bonds. The van der Waals surface area contributed by atoms with Crippen molar-refractivity contribution < 1.29 is 5.11 Å². The standard InChI is InChI=1S/C12H13NO/c1-13-8-7-11(14)9-12(13)10-5-3-2-4-6-10/h2-9,12,14H,1H3. The molecule has 72 valence electrons. The van der Waals surface area contributed by atoms with Gasteiger partial charge in [0.15, 0.2) is 0 Å². The van der Waals surface area contributed by atoms with Gasteiger partial charge in [0.05, 0.1) is 6.04 Å². The van der Waals surface area contributed by atoms with E-state index in [0.29, 0.717) is 5.76 Å². The summed E-state index contributed by atoms with van der Waals surface area (Å²) >= 11 is 0. The van der Waals surface area contributed by atoms with Crippen LogP contribution in [0.15, 0.2) is 54.4 Å². The van der Waals surface area contributed by atoms with Crippen LogP contribution in [0.5, 0.6) is 0 Å². The van der Waals surface area contributed by atoms with E-state index in [1.807, 2.05) is 37.5 Å². The lowest BCUT2D eigenvalue weighted by molar-refractivity contribution is 0.351. The van der Waals surface area contributed by atoms with Crippen LogP contribution in [0, 0.1) is 0 Å². The van der Waals surface area contributed by atoms with Crippen LogP contribution in [-0.2, 0) is 0 Å². The molecule has 1 aromatic carbocycles. The van der Waals surface area contributed by atoms with Gasteiger partial charge in [0, 0.05) is 13.2 Å². The zero-order valence-electron chi connectivity index (χ0n) is 8.09. The van der Waals surface area contributed by atoms with Crippen molar-refractivity contribution in [3.05, 3.63) is 60.0 Å². The lowest BCUT2D eigenvalue weighted by Crippen LogP contribution is -2.19. The summed E-state index contributed by atoms with van der Waals surface area (Å²) in [6, 6.07) is 10.3. The molecule has 1 aliphatic heterocycles. The molecule has 1 unspecified atom stereocenters. The van der Waals surface area contributed by atoms with Crippen LogP contribution in [0.2, 0.25) is 0 Å². The summed E-state index contributed by atoms with van der Waals surface area (Å²) in [7, 11) is 2.00. The van der Waals surface area contributed by atoms with E-state index in [1.165, 1.54) is 5.56 Å². The zero-order chi connectivity index (χ0) is 9.97. The fourth-order valence-electron chi connectivity index (χ4n) is 1.60. The highest BCUT2D eigenvalue weighted by Crippen LogP contribution is 2.25. The molecule has 0 radical (unpaired) electrons. The van der Waals surface area contributed by atoms with E-state index < -0.39 is 0 Å². The largest absolute Gasteiger partial charge is 0.508 e. The third-order valence-electron chi connectivity index (χ3n) is 2.39. The van der Waals surface area contributed by atoms with Gasteiger partial charge >= 0.3 is 0 Å². The number of benzene rings is 1. The predicted octanol–water partition coefficient (Wildman–Crippen LogP) is 2.63. The number of allylic oxidation sites excluding steroid dienone is 1. The Kier molecular flexibility index (Phi) is 2.27. The normalized spacial score (nSPS) is 20.8. The second-order valence-corrected chi connectivity index (χ2v) is 3.43. The monoisotopic (exact) mass is 187 g/mol. The van der Waals surface area contributed by atoms with Crippen molar-refractivity contribution in [3.8, 4) is 0 Å². The predicted molar refractivity (Wildman–Crippen MR) is 56.8 cm³/mol. The Morgan fingerprint density at radius 3 is 2.64 bits per heavy atom. The van der Waals surface area contributed by atoms with Gasteiger partial charge in [0.1, 0.15) is 5.76 Å². The van der Waals surface area contributed by atoms with Crippen LogP contribution in [0.4, 0.5) is 0 Å². The first kappa shape index (κ1) is 8.88. The molecule has 1 aliphatic rings. The number of nitrogens with zero attached hydrogens (tertiary/aromatic N) is 1. The molecule has 0 aliphatic carbocycles. The number of aliphatic hydroxyl groups excluding tert-OH is 1. The summed E-state index contributed by atoms with van der Waals surface area (Å²) < 4.78 is 0. The van der Waals surface area contributed by atoms with Crippen molar-refractivity contribution in [3.63, 3.8) is 0 Å². The smallest absolute Gasteiger partial charge is 0.115 e. The van der Waals surface area contributed by atoms with Crippen molar-refractivity contribution in [1.29, 1.82) is 0 Å². The van der Waals surface area contributed by atoms with Gasteiger partial charge < -0.3 is 10.0 Å². The van der Waals surface area contributed by atoms with E-state index in [0.717, 1.165) is 0 Å². The molecule has 1 aromatic rings. The molecule has 2 rings (SSSR count). The van der Waals surface area contributed by atoms with Gasteiger partial charge in [-0.15, -0.1) is 0 Å². The first-order chi connectivity index (χ1) is 6.77. The van der Waals surface area contributed by atoms with Crippen molar-refractivity contribution >= 4 is 0 Å². The lowest BCUT2D eigenvalue weighted by Gasteiger charge is -2.27. The second kappa shape index (κ2) is 3.58. The maximum Gasteiger partial charge on any atom is 0.115 e. The van der Waals surface area contributed by atoms with Crippen LogP contribution < -0.4 is 0 Å². The molecule has 0 bridgehead atoms. The van der Waals surface area contributed by atoms with E-state index in [-0.39, 0.29) is 6.04 Å². The van der Waals surface area contributed by atoms with E-state index in [1.54, 1.807) is 6.08 Å². The lowest BCUT2D eigenvalue weighted by atomic mass is 10.0. The summed E-state index contributed by atoms with van der Waals surface area (Å²) in [5.74, 6) is 0.331. The summed E-state index contributed by atoms with van der Waals surface area (Å²) in [5, 5.41) is 9.41. The Morgan fingerprint density at radius 2 is 1.93 bits per heavy atom. The van der Waals surface area contributed by atoms with E-state index in [9.17, 15) is 5.11 Å². The maximum absolute atomic E-state index is 9.41. The number of hydrogen-bond acceptors (Lipinski definition) is 2. The molecule has 2 heteroatoms. The molecule has 1 N–H and O–H groups in total. The first-order valence-corrected chi connectivity index (χ1v) is 4.63. The molecule has 0 saturated carbocycles. The van der Waals surface area contributed by atoms with E-state index in [4.69, 9.17) is 0 Å². The number of rotatable bonds is 1. The van der Waals surface area contributed by atoms with Gasteiger partial charge in [0.25, 0.3) is 0 Å². The van der Waals surface area contributed by atoms with Gasteiger partial charge in [-0.25, -0.2) is 0 Å². The maximum atomic E-state index is 9.41. The van der Waals surface area contributed by atoms with Gasteiger partial charge in [-0.1, -0.05) is 30.3 Å². The highest BCUT2D eigenvalue weighted by Gasteiger charge is 2.14. The molecule has 0 fully saturated rings. The average Bonchev–Trinajstić information content (AvgIpc) is 2.23. The average molecular weight is 187 g/mol. The third kappa shape index (κ3) is 1.64. The van der Waals surface area contributed by atoms with E-state index in [2.05, 4.69) is 17.0 Å². The van der Waals surface area contributed by atoms with Crippen molar-refractivity contribution in [2.45, 2.75) is 6.04 Å². The minimum absolute atomic E-state index is 0.140. The van der Waals surface area contributed by atoms with Crippen molar-refractivity contribution in [2.24, 2.45) is 0 Å². The molecular weight excluding hydrogens is 174 g/mol. The molecule has 2 nitrogen and oxygen atoms in total. The van der Waals surface area contributed by atoms with Crippen LogP contribution in [0.25, 0.3) is 0 Å². The number of aliphatic hydroxyl groups is 1. The Morgan fingerprint density at radius 1 is 1.21 bits per heavy atom.